The highest BCUT2D eigenvalue weighted by molar-refractivity contribution is 6.32. The molecule has 0 unspecified atom stereocenters. The van der Waals surface area contributed by atoms with Crippen molar-refractivity contribution in [2.75, 3.05) is 27.3 Å². The third-order valence-electron chi connectivity index (χ3n) is 2.63. The van der Waals surface area contributed by atoms with Gasteiger partial charge in [0, 0.05) is 6.54 Å². The minimum absolute atomic E-state index is 0.565. The van der Waals surface area contributed by atoms with Gasteiger partial charge < -0.3 is 20.5 Å². The van der Waals surface area contributed by atoms with E-state index in [2.05, 4.69) is 5.32 Å². The number of hydrogen-bond acceptors (Lipinski definition) is 4. The fraction of sp³-hybridized carbons (Fsp3) is 0.538. The predicted molar refractivity (Wildman–Crippen MR) is 74.6 cm³/mol. The summed E-state index contributed by atoms with van der Waals surface area (Å²) >= 11 is 6.13. The van der Waals surface area contributed by atoms with Gasteiger partial charge in [0.25, 0.3) is 0 Å². The number of ether oxygens (including phenoxy) is 2. The maximum atomic E-state index is 6.13. The number of hydrogen-bond donors (Lipinski definition) is 2. The molecule has 1 aromatic carbocycles. The minimum Gasteiger partial charge on any atom is -0.493 e. The second kappa shape index (κ2) is 8.19. The molecule has 0 aliphatic rings. The van der Waals surface area contributed by atoms with E-state index in [1.165, 1.54) is 0 Å². The van der Waals surface area contributed by atoms with Crippen molar-refractivity contribution in [3.63, 3.8) is 0 Å². The fourth-order valence-corrected chi connectivity index (χ4v) is 2.01. The molecule has 0 spiro atoms. The summed E-state index contributed by atoms with van der Waals surface area (Å²) in [6, 6.07) is 3.82. The van der Waals surface area contributed by atoms with E-state index in [1.807, 2.05) is 12.1 Å². The van der Waals surface area contributed by atoms with Crippen LogP contribution in [-0.2, 0) is 6.54 Å². The van der Waals surface area contributed by atoms with Crippen LogP contribution >= 0.6 is 11.6 Å². The first-order valence-electron chi connectivity index (χ1n) is 6.04. The Hall–Kier alpha value is -0.970. The van der Waals surface area contributed by atoms with E-state index in [9.17, 15) is 0 Å². The summed E-state index contributed by atoms with van der Waals surface area (Å²) in [4.78, 5) is 0. The molecule has 3 N–H and O–H groups in total. The zero-order chi connectivity index (χ0) is 13.4. The van der Waals surface area contributed by atoms with Gasteiger partial charge in [0.2, 0.25) is 0 Å². The lowest BCUT2D eigenvalue weighted by Gasteiger charge is -2.12. The zero-order valence-corrected chi connectivity index (χ0v) is 11.7. The Balaban J connectivity index is 2.58. The zero-order valence-electron chi connectivity index (χ0n) is 11.0. The van der Waals surface area contributed by atoms with Crippen molar-refractivity contribution in [2.45, 2.75) is 19.4 Å². The number of benzene rings is 1. The summed E-state index contributed by atoms with van der Waals surface area (Å²) < 4.78 is 10.4. The summed E-state index contributed by atoms with van der Waals surface area (Å²) in [6.07, 6.45) is 2.12. The lowest BCUT2D eigenvalue weighted by Crippen LogP contribution is -2.16. The van der Waals surface area contributed by atoms with Crippen LogP contribution in [0.2, 0.25) is 5.02 Å². The van der Waals surface area contributed by atoms with E-state index < -0.39 is 0 Å². The molecule has 18 heavy (non-hydrogen) atoms. The van der Waals surface area contributed by atoms with Crippen LogP contribution < -0.4 is 20.5 Å². The monoisotopic (exact) mass is 272 g/mol. The van der Waals surface area contributed by atoms with Crippen LogP contribution in [0, 0.1) is 0 Å². The topological polar surface area (TPSA) is 56.5 Å². The highest BCUT2D eigenvalue weighted by atomic mass is 35.5. The first kappa shape index (κ1) is 15.1. The largest absolute Gasteiger partial charge is 0.493 e. The Morgan fingerprint density at radius 2 is 2.00 bits per heavy atom. The van der Waals surface area contributed by atoms with E-state index in [0.717, 1.165) is 38.0 Å². The van der Waals surface area contributed by atoms with Crippen LogP contribution in [0.1, 0.15) is 18.4 Å². The molecule has 0 amide bonds. The third-order valence-corrected chi connectivity index (χ3v) is 2.91. The molecule has 0 aliphatic heterocycles. The highest BCUT2D eigenvalue weighted by Gasteiger charge is 2.10. The van der Waals surface area contributed by atoms with Gasteiger partial charge in [-0.2, -0.15) is 0 Å². The average Bonchev–Trinajstić information content (AvgIpc) is 2.37. The van der Waals surface area contributed by atoms with Crippen molar-refractivity contribution < 1.29 is 9.47 Å². The molecule has 5 heteroatoms. The molecule has 0 fully saturated rings. The Bertz CT molecular complexity index is 372. The van der Waals surface area contributed by atoms with Gasteiger partial charge in [-0.05, 0) is 43.6 Å². The predicted octanol–water partition coefficient (Wildman–Crippen LogP) is 2.19. The number of unbranched alkanes of at least 4 members (excludes halogenated alkanes) is 1. The fourth-order valence-electron chi connectivity index (χ4n) is 1.70. The van der Waals surface area contributed by atoms with Gasteiger partial charge in [-0.3, -0.25) is 0 Å². The second-order valence-electron chi connectivity index (χ2n) is 3.99. The van der Waals surface area contributed by atoms with Crippen LogP contribution in [0.5, 0.6) is 11.5 Å². The summed E-state index contributed by atoms with van der Waals surface area (Å²) in [5.41, 5.74) is 6.51. The molecule has 0 saturated carbocycles. The number of rotatable bonds is 8. The minimum atomic E-state index is 0.565. The van der Waals surface area contributed by atoms with E-state index >= 15 is 0 Å². The summed E-state index contributed by atoms with van der Waals surface area (Å²) in [6.45, 7) is 2.44. The Morgan fingerprint density at radius 3 is 2.61 bits per heavy atom. The summed E-state index contributed by atoms with van der Waals surface area (Å²) in [7, 11) is 3.18. The molecule has 4 nitrogen and oxygen atoms in total. The molecule has 1 aromatic rings. The van der Waals surface area contributed by atoms with Crippen molar-refractivity contribution in [3.05, 3.63) is 22.7 Å². The summed E-state index contributed by atoms with van der Waals surface area (Å²) in [5, 5.41) is 3.91. The average molecular weight is 273 g/mol. The van der Waals surface area contributed by atoms with Crippen LogP contribution in [0.3, 0.4) is 0 Å². The van der Waals surface area contributed by atoms with Crippen LogP contribution in [0.15, 0.2) is 12.1 Å². The maximum absolute atomic E-state index is 6.13. The van der Waals surface area contributed by atoms with Crippen LogP contribution in [-0.4, -0.2) is 27.3 Å². The first-order chi connectivity index (χ1) is 8.72. The van der Waals surface area contributed by atoms with Gasteiger partial charge in [-0.25, -0.2) is 0 Å². The van der Waals surface area contributed by atoms with Gasteiger partial charge in [-0.1, -0.05) is 11.6 Å². The van der Waals surface area contributed by atoms with Crippen molar-refractivity contribution in [2.24, 2.45) is 5.73 Å². The lowest BCUT2D eigenvalue weighted by molar-refractivity contribution is 0.354. The lowest BCUT2D eigenvalue weighted by atomic mass is 10.2. The van der Waals surface area contributed by atoms with Gasteiger partial charge in [0.05, 0.1) is 19.2 Å². The van der Waals surface area contributed by atoms with E-state index in [4.69, 9.17) is 26.8 Å². The Labute approximate surface area is 113 Å². The standard InChI is InChI=1S/C13H21ClN2O2/c1-17-12-8-10(7-11(14)13(12)18-2)9-16-6-4-3-5-15/h7-8,16H,3-6,9,15H2,1-2H3. The van der Waals surface area contributed by atoms with Crippen molar-refractivity contribution in [1.82, 2.24) is 5.32 Å². The highest BCUT2D eigenvalue weighted by Crippen LogP contribution is 2.35. The molecule has 1 rings (SSSR count). The molecule has 0 atom stereocenters. The molecule has 0 bridgehead atoms. The number of nitrogens with two attached hydrogens (primary N) is 1. The van der Waals surface area contributed by atoms with E-state index in [-0.39, 0.29) is 0 Å². The van der Waals surface area contributed by atoms with Gasteiger partial charge >= 0.3 is 0 Å². The molecule has 0 aromatic heterocycles. The Kier molecular flexibility index (Phi) is 6.86. The number of methoxy groups -OCH3 is 2. The molecule has 0 radical (unpaired) electrons. The summed E-state index contributed by atoms with van der Waals surface area (Å²) in [5.74, 6) is 1.23. The van der Waals surface area contributed by atoms with E-state index in [1.54, 1.807) is 14.2 Å². The maximum Gasteiger partial charge on any atom is 0.179 e. The number of halogens is 1. The first-order valence-corrected chi connectivity index (χ1v) is 6.42. The molecule has 0 heterocycles. The second-order valence-corrected chi connectivity index (χ2v) is 4.39. The third kappa shape index (κ3) is 4.37. The molecule has 0 aliphatic carbocycles. The molecular formula is C13H21ClN2O2. The molecular weight excluding hydrogens is 252 g/mol. The molecule has 102 valence electrons. The smallest absolute Gasteiger partial charge is 0.179 e. The van der Waals surface area contributed by atoms with E-state index in [0.29, 0.717) is 16.5 Å². The SMILES string of the molecule is COc1cc(CNCCCCN)cc(Cl)c1OC. The van der Waals surface area contributed by atoms with Crippen molar-refractivity contribution in [3.8, 4) is 11.5 Å². The van der Waals surface area contributed by atoms with Gasteiger partial charge in [-0.15, -0.1) is 0 Å². The van der Waals surface area contributed by atoms with Crippen LogP contribution in [0.25, 0.3) is 0 Å². The van der Waals surface area contributed by atoms with Crippen molar-refractivity contribution >= 4 is 11.6 Å². The van der Waals surface area contributed by atoms with Gasteiger partial charge in [0.15, 0.2) is 11.5 Å². The van der Waals surface area contributed by atoms with Crippen molar-refractivity contribution in [1.29, 1.82) is 0 Å². The van der Waals surface area contributed by atoms with Gasteiger partial charge in [0.1, 0.15) is 0 Å². The normalized spacial score (nSPS) is 10.4. The quantitative estimate of drug-likeness (QED) is 0.713. The Morgan fingerprint density at radius 1 is 1.22 bits per heavy atom. The van der Waals surface area contributed by atoms with Crippen LogP contribution in [0.4, 0.5) is 0 Å². The number of nitrogens with one attached hydrogen (secondary N) is 1. The molecule has 0 saturated heterocycles.